The summed E-state index contributed by atoms with van der Waals surface area (Å²) < 4.78 is 6.16. The number of hydrogen-bond donors (Lipinski definition) is 3. The average molecular weight is 566 g/mol. The molecule has 3 aromatic rings. The standard InChI is InChI=1S/C32H40ClN3O4/c1-7-31(3,4)21-15-16-27(24(18-21)32(5,6)8-2)40-17-11-14-28(38)35-22-19-26(37)29(34-20-22)36-30(39)23-12-9-10-13-25(23)33/h9-10,12-13,15-16,18-20,37H,7-8,11,14,17H2,1-6H3,(H,35,38)(H,34,36,39). The predicted octanol–water partition coefficient (Wildman–Crippen LogP) is 7.87. The van der Waals surface area contributed by atoms with Crippen molar-refractivity contribution in [3.63, 3.8) is 0 Å². The molecule has 214 valence electrons. The molecule has 3 rings (SSSR count). The molecule has 0 radical (unpaired) electrons. The van der Waals surface area contributed by atoms with Crippen LogP contribution >= 0.6 is 11.6 Å². The van der Waals surface area contributed by atoms with Gasteiger partial charge in [-0.05, 0) is 53.9 Å². The number of benzene rings is 2. The second-order valence-electron chi connectivity index (χ2n) is 11.2. The van der Waals surface area contributed by atoms with Crippen LogP contribution in [0.5, 0.6) is 11.5 Å². The Morgan fingerprint density at radius 1 is 0.975 bits per heavy atom. The molecule has 0 spiro atoms. The van der Waals surface area contributed by atoms with Crippen LogP contribution in [0.4, 0.5) is 11.5 Å². The van der Waals surface area contributed by atoms with E-state index in [4.69, 9.17) is 16.3 Å². The van der Waals surface area contributed by atoms with Gasteiger partial charge in [0.05, 0.1) is 29.1 Å². The maximum atomic E-state index is 12.5. The SMILES string of the molecule is CCC(C)(C)c1ccc(OCCCC(=O)Nc2cnc(NC(=O)c3ccccc3Cl)c(O)c2)c(C(C)(C)CC)c1. The molecule has 0 saturated carbocycles. The van der Waals surface area contributed by atoms with Crippen molar-refractivity contribution in [2.24, 2.45) is 0 Å². The van der Waals surface area contributed by atoms with Crippen LogP contribution < -0.4 is 15.4 Å². The van der Waals surface area contributed by atoms with Gasteiger partial charge >= 0.3 is 0 Å². The highest BCUT2D eigenvalue weighted by Crippen LogP contribution is 2.38. The van der Waals surface area contributed by atoms with E-state index >= 15 is 0 Å². The molecular formula is C32H40ClN3O4. The fourth-order valence-corrected chi connectivity index (χ4v) is 4.30. The minimum Gasteiger partial charge on any atom is -0.504 e. The third kappa shape index (κ3) is 7.75. The van der Waals surface area contributed by atoms with Gasteiger partial charge in [-0.25, -0.2) is 4.98 Å². The first-order valence-corrected chi connectivity index (χ1v) is 14.1. The molecular weight excluding hydrogens is 526 g/mol. The number of carbonyl (C=O) groups excluding carboxylic acids is 2. The Labute approximate surface area is 242 Å². The summed E-state index contributed by atoms with van der Waals surface area (Å²) in [6.45, 7) is 13.7. The number of nitrogens with one attached hydrogen (secondary N) is 2. The summed E-state index contributed by atoms with van der Waals surface area (Å²) in [5.74, 6) is -0.185. The summed E-state index contributed by atoms with van der Waals surface area (Å²) >= 11 is 6.06. The topological polar surface area (TPSA) is 101 Å². The lowest BCUT2D eigenvalue weighted by Gasteiger charge is -2.30. The molecule has 40 heavy (non-hydrogen) atoms. The zero-order valence-electron chi connectivity index (χ0n) is 24.2. The van der Waals surface area contributed by atoms with Crippen LogP contribution in [0.3, 0.4) is 0 Å². The highest BCUT2D eigenvalue weighted by Gasteiger charge is 2.26. The van der Waals surface area contributed by atoms with E-state index < -0.39 is 5.91 Å². The molecule has 0 aliphatic rings. The van der Waals surface area contributed by atoms with Crippen LogP contribution in [-0.4, -0.2) is 28.5 Å². The Morgan fingerprint density at radius 3 is 2.33 bits per heavy atom. The van der Waals surface area contributed by atoms with Crippen molar-refractivity contribution in [3.8, 4) is 11.5 Å². The van der Waals surface area contributed by atoms with Crippen LogP contribution in [0.15, 0.2) is 54.7 Å². The number of amides is 2. The highest BCUT2D eigenvalue weighted by atomic mass is 35.5. The van der Waals surface area contributed by atoms with Gasteiger partial charge in [0, 0.05) is 18.1 Å². The number of rotatable bonds is 12. The Morgan fingerprint density at radius 2 is 1.68 bits per heavy atom. The lowest BCUT2D eigenvalue weighted by Crippen LogP contribution is -2.21. The molecule has 0 aliphatic heterocycles. The van der Waals surface area contributed by atoms with E-state index in [0.29, 0.717) is 18.7 Å². The van der Waals surface area contributed by atoms with E-state index in [0.717, 1.165) is 18.6 Å². The van der Waals surface area contributed by atoms with Crippen LogP contribution in [0, 0.1) is 0 Å². The van der Waals surface area contributed by atoms with E-state index in [1.165, 1.54) is 23.4 Å². The van der Waals surface area contributed by atoms with Crippen molar-refractivity contribution in [3.05, 3.63) is 76.4 Å². The first-order valence-electron chi connectivity index (χ1n) is 13.7. The molecule has 0 fully saturated rings. The highest BCUT2D eigenvalue weighted by molar-refractivity contribution is 6.34. The van der Waals surface area contributed by atoms with Crippen LogP contribution in [-0.2, 0) is 15.6 Å². The first kappa shape index (κ1) is 31.0. The maximum absolute atomic E-state index is 12.5. The molecule has 0 unspecified atom stereocenters. The molecule has 3 N–H and O–H groups in total. The van der Waals surface area contributed by atoms with Gasteiger partial charge in [0.15, 0.2) is 11.6 Å². The number of halogens is 1. The van der Waals surface area contributed by atoms with Gasteiger partial charge in [0.1, 0.15) is 5.75 Å². The molecule has 7 nitrogen and oxygen atoms in total. The number of anilines is 2. The molecule has 2 aromatic carbocycles. The van der Waals surface area contributed by atoms with Crippen molar-refractivity contribution < 1.29 is 19.4 Å². The molecule has 8 heteroatoms. The third-order valence-corrected chi connectivity index (χ3v) is 7.90. The minimum absolute atomic E-state index is 0.0320. The van der Waals surface area contributed by atoms with E-state index in [2.05, 4.69) is 75.4 Å². The monoisotopic (exact) mass is 565 g/mol. The number of hydrogen-bond acceptors (Lipinski definition) is 5. The second kappa shape index (κ2) is 13.2. The summed E-state index contributed by atoms with van der Waals surface area (Å²) in [6, 6.07) is 14.4. The number of carbonyl (C=O) groups is 2. The van der Waals surface area contributed by atoms with E-state index in [1.807, 2.05) is 0 Å². The summed E-state index contributed by atoms with van der Waals surface area (Å²) in [7, 11) is 0. The largest absolute Gasteiger partial charge is 0.504 e. The van der Waals surface area contributed by atoms with E-state index in [1.54, 1.807) is 24.3 Å². The van der Waals surface area contributed by atoms with Crippen molar-refractivity contribution in [1.82, 2.24) is 4.98 Å². The number of pyridine rings is 1. The smallest absolute Gasteiger partial charge is 0.258 e. The molecule has 0 saturated heterocycles. The second-order valence-corrected chi connectivity index (χ2v) is 11.6. The lowest BCUT2D eigenvalue weighted by molar-refractivity contribution is -0.116. The Bertz CT molecular complexity index is 1350. The molecule has 0 aliphatic carbocycles. The number of ether oxygens (including phenoxy) is 1. The van der Waals surface area contributed by atoms with E-state index in [-0.39, 0.29) is 45.3 Å². The first-order chi connectivity index (χ1) is 18.9. The summed E-state index contributed by atoms with van der Waals surface area (Å²) in [5, 5.41) is 15.9. The molecule has 0 bridgehead atoms. The number of aromatic nitrogens is 1. The summed E-state index contributed by atoms with van der Waals surface area (Å²) in [5.41, 5.74) is 3.10. The minimum atomic E-state index is -0.501. The van der Waals surface area contributed by atoms with Crippen molar-refractivity contribution in [2.45, 2.75) is 78.1 Å². The average Bonchev–Trinajstić information content (AvgIpc) is 2.92. The molecule has 1 aromatic heterocycles. The van der Waals surface area contributed by atoms with Gasteiger partial charge in [0.2, 0.25) is 5.91 Å². The van der Waals surface area contributed by atoms with Gasteiger partial charge in [-0.3, -0.25) is 9.59 Å². The summed E-state index contributed by atoms with van der Waals surface area (Å²) in [6.07, 6.45) is 4.14. The quantitative estimate of drug-likeness (QED) is 0.194. The van der Waals surface area contributed by atoms with Crippen LogP contribution in [0.25, 0.3) is 0 Å². The zero-order chi connectivity index (χ0) is 29.5. The van der Waals surface area contributed by atoms with Gasteiger partial charge in [0.25, 0.3) is 5.91 Å². The number of aromatic hydroxyl groups is 1. The van der Waals surface area contributed by atoms with Crippen LogP contribution in [0.2, 0.25) is 5.02 Å². The zero-order valence-corrected chi connectivity index (χ0v) is 25.0. The molecule has 0 atom stereocenters. The Kier molecular flexibility index (Phi) is 10.2. The van der Waals surface area contributed by atoms with Gasteiger partial charge in [-0.2, -0.15) is 0 Å². The fraction of sp³-hybridized carbons (Fsp3) is 0.406. The fourth-order valence-electron chi connectivity index (χ4n) is 4.08. The van der Waals surface area contributed by atoms with Gasteiger partial charge < -0.3 is 20.5 Å². The van der Waals surface area contributed by atoms with Crippen molar-refractivity contribution >= 4 is 34.9 Å². The van der Waals surface area contributed by atoms with Gasteiger partial charge in [-0.15, -0.1) is 0 Å². The Balaban J connectivity index is 1.56. The third-order valence-electron chi connectivity index (χ3n) is 7.57. The van der Waals surface area contributed by atoms with E-state index in [9.17, 15) is 14.7 Å². The summed E-state index contributed by atoms with van der Waals surface area (Å²) in [4.78, 5) is 29.0. The normalized spacial score (nSPS) is 11.7. The van der Waals surface area contributed by atoms with Gasteiger partial charge in [-0.1, -0.05) is 77.4 Å². The van der Waals surface area contributed by atoms with Crippen molar-refractivity contribution in [2.75, 3.05) is 17.2 Å². The molecule has 1 heterocycles. The Hall–Kier alpha value is -3.58. The predicted molar refractivity (Wildman–Crippen MR) is 162 cm³/mol. The molecule has 2 amide bonds. The van der Waals surface area contributed by atoms with Crippen LogP contribution in [0.1, 0.15) is 88.7 Å². The number of nitrogens with zero attached hydrogens (tertiary/aromatic N) is 1. The van der Waals surface area contributed by atoms with Crippen molar-refractivity contribution in [1.29, 1.82) is 0 Å². The maximum Gasteiger partial charge on any atom is 0.258 e. The lowest BCUT2D eigenvalue weighted by atomic mass is 9.76.